The van der Waals surface area contributed by atoms with Crippen LogP contribution in [0.5, 0.6) is 0 Å². The van der Waals surface area contributed by atoms with Crippen molar-refractivity contribution in [2.45, 2.75) is 57.9 Å². The normalized spacial score (nSPS) is 15.7. The van der Waals surface area contributed by atoms with Crippen molar-refractivity contribution in [1.82, 2.24) is 10.6 Å². The minimum atomic E-state index is 0. The number of amides is 1. The summed E-state index contributed by atoms with van der Waals surface area (Å²) in [5, 5.41) is 6.57. The second-order valence-corrected chi connectivity index (χ2v) is 6.15. The highest BCUT2D eigenvalue weighted by Gasteiger charge is 2.11. The van der Waals surface area contributed by atoms with E-state index in [4.69, 9.17) is 0 Å². The Kier molecular flexibility index (Phi) is 9.17. The second-order valence-electron chi connectivity index (χ2n) is 6.15. The van der Waals surface area contributed by atoms with E-state index in [0.717, 1.165) is 18.7 Å². The van der Waals surface area contributed by atoms with E-state index in [1.807, 2.05) is 12.1 Å². The first-order valence-electron chi connectivity index (χ1n) is 8.29. The zero-order valence-corrected chi connectivity index (χ0v) is 14.4. The Labute approximate surface area is 140 Å². The third-order valence-electron chi connectivity index (χ3n) is 4.22. The van der Waals surface area contributed by atoms with Crippen LogP contribution in [0.25, 0.3) is 0 Å². The van der Waals surface area contributed by atoms with Gasteiger partial charge in [-0.3, -0.25) is 4.79 Å². The fraction of sp³-hybridized carbons (Fsp3) is 0.611. The fourth-order valence-electron chi connectivity index (χ4n) is 2.92. The van der Waals surface area contributed by atoms with Crippen LogP contribution in [-0.2, 0) is 11.2 Å². The van der Waals surface area contributed by atoms with Gasteiger partial charge in [0.25, 0.3) is 0 Å². The number of aryl methyl sites for hydroxylation is 1. The molecular weight excluding hydrogens is 296 g/mol. The van der Waals surface area contributed by atoms with E-state index >= 15 is 0 Å². The number of rotatable bonds is 6. The van der Waals surface area contributed by atoms with Gasteiger partial charge in [-0.2, -0.15) is 0 Å². The molecule has 1 saturated carbocycles. The molecule has 2 N–H and O–H groups in total. The lowest BCUT2D eigenvalue weighted by Crippen LogP contribution is -2.37. The predicted molar refractivity (Wildman–Crippen MR) is 94.6 cm³/mol. The first-order valence-corrected chi connectivity index (χ1v) is 8.29. The molecule has 2 rings (SSSR count). The van der Waals surface area contributed by atoms with E-state index in [1.165, 1.54) is 44.1 Å². The van der Waals surface area contributed by atoms with Gasteiger partial charge >= 0.3 is 0 Å². The van der Waals surface area contributed by atoms with Gasteiger partial charge in [0.15, 0.2) is 0 Å². The average molecular weight is 325 g/mol. The molecule has 1 aliphatic carbocycles. The van der Waals surface area contributed by atoms with Crippen molar-refractivity contribution in [2.24, 2.45) is 0 Å². The molecule has 1 aromatic rings. The number of carbonyl (C=O) groups is 1. The van der Waals surface area contributed by atoms with Crippen molar-refractivity contribution in [2.75, 3.05) is 13.1 Å². The lowest BCUT2D eigenvalue weighted by Gasteiger charge is -2.16. The SMILES string of the molecule is Cc1ccc(CC(=O)NCCNC2CCCCCC2)cc1.Cl. The molecule has 1 amide bonds. The van der Waals surface area contributed by atoms with E-state index < -0.39 is 0 Å². The Morgan fingerprint density at radius 2 is 1.68 bits per heavy atom. The van der Waals surface area contributed by atoms with Gasteiger partial charge in [-0.25, -0.2) is 0 Å². The lowest BCUT2D eigenvalue weighted by molar-refractivity contribution is -0.120. The monoisotopic (exact) mass is 324 g/mol. The maximum absolute atomic E-state index is 11.9. The predicted octanol–water partition coefficient (Wildman–Crippen LogP) is 3.39. The summed E-state index contributed by atoms with van der Waals surface area (Å²) in [6, 6.07) is 8.81. The highest BCUT2D eigenvalue weighted by Crippen LogP contribution is 2.16. The van der Waals surface area contributed by atoms with E-state index in [1.54, 1.807) is 0 Å². The van der Waals surface area contributed by atoms with Crippen molar-refractivity contribution in [3.05, 3.63) is 35.4 Å². The Hall–Kier alpha value is -1.06. The van der Waals surface area contributed by atoms with Gasteiger partial charge in [-0.05, 0) is 25.3 Å². The van der Waals surface area contributed by atoms with Crippen LogP contribution in [-0.4, -0.2) is 25.0 Å². The van der Waals surface area contributed by atoms with E-state index in [9.17, 15) is 4.79 Å². The Morgan fingerprint density at radius 3 is 2.32 bits per heavy atom. The van der Waals surface area contributed by atoms with Crippen LogP contribution in [0, 0.1) is 6.92 Å². The van der Waals surface area contributed by atoms with Crippen molar-refractivity contribution < 1.29 is 4.79 Å². The molecule has 0 unspecified atom stereocenters. The van der Waals surface area contributed by atoms with Gasteiger partial charge in [0.05, 0.1) is 6.42 Å². The molecule has 1 fully saturated rings. The van der Waals surface area contributed by atoms with Crippen molar-refractivity contribution in [1.29, 1.82) is 0 Å². The summed E-state index contributed by atoms with van der Waals surface area (Å²) in [5.74, 6) is 0.113. The van der Waals surface area contributed by atoms with Crippen molar-refractivity contribution >= 4 is 18.3 Å². The standard InChI is InChI=1S/C18H28N2O.ClH/c1-15-8-10-16(11-9-15)14-18(21)20-13-12-19-17-6-4-2-3-5-7-17;/h8-11,17,19H,2-7,12-14H2,1H3,(H,20,21);1H. The summed E-state index contributed by atoms with van der Waals surface area (Å²) in [6.07, 6.45) is 8.50. The summed E-state index contributed by atoms with van der Waals surface area (Å²) >= 11 is 0. The van der Waals surface area contributed by atoms with Crippen LogP contribution in [0.1, 0.15) is 49.7 Å². The smallest absolute Gasteiger partial charge is 0.224 e. The largest absolute Gasteiger partial charge is 0.355 e. The third kappa shape index (κ3) is 7.28. The number of carbonyl (C=O) groups excluding carboxylic acids is 1. The van der Waals surface area contributed by atoms with E-state index in [0.29, 0.717) is 12.5 Å². The molecule has 1 aliphatic rings. The van der Waals surface area contributed by atoms with Gasteiger partial charge in [0.2, 0.25) is 5.91 Å². The summed E-state index contributed by atoms with van der Waals surface area (Å²) < 4.78 is 0. The first-order chi connectivity index (χ1) is 10.2. The zero-order chi connectivity index (χ0) is 14.9. The highest BCUT2D eigenvalue weighted by molar-refractivity contribution is 5.85. The molecule has 124 valence electrons. The number of hydrogen-bond donors (Lipinski definition) is 2. The van der Waals surface area contributed by atoms with Crippen LogP contribution in [0.2, 0.25) is 0 Å². The lowest BCUT2D eigenvalue weighted by atomic mass is 10.1. The van der Waals surface area contributed by atoms with Gasteiger partial charge < -0.3 is 10.6 Å². The molecule has 0 heterocycles. The summed E-state index contributed by atoms with van der Waals surface area (Å²) in [4.78, 5) is 11.9. The minimum Gasteiger partial charge on any atom is -0.355 e. The van der Waals surface area contributed by atoms with Crippen LogP contribution in [0.15, 0.2) is 24.3 Å². The van der Waals surface area contributed by atoms with Gasteiger partial charge in [0, 0.05) is 19.1 Å². The Morgan fingerprint density at radius 1 is 1.05 bits per heavy atom. The summed E-state index contributed by atoms with van der Waals surface area (Å²) in [6.45, 7) is 3.66. The molecule has 0 aromatic heterocycles. The number of halogens is 1. The maximum Gasteiger partial charge on any atom is 0.224 e. The van der Waals surface area contributed by atoms with Crippen LogP contribution < -0.4 is 10.6 Å². The number of hydrogen-bond acceptors (Lipinski definition) is 2. The minimum absolute atomic E-state index is 0. The molecule has 0 atom stereocenters. The van der Waals surface area contributed by atoms with E-state index in [-0.39, 0.29) is 18.3 Å². The molecule has 0 bridgehead atoms. The Bertz CT molecular complexity index is 425. The first kappa shape index (κ1) is 19.0. The molecule has 22 heavy (non-hydrogen) atoms. The quantitative estimate of drug-likeness (QED) is 0.622. The fourth-order valence-corrected chi connectivity index (χ4v) is 2.92. The van der Waals surface area contributed by atoms with Crippen LogP contribution in [0.4, 0.5) is 0 Å². The summed E-state index contributed by atoms with van der Waals surface area (Å²) in [7, 11) is 0. The van der Waals surface area contributed by atoms with Crippen LogP contribution >= 0.6 is 12.4 Å². The molecular formula is C18H29ClN2O. The number of benzene rings is 1. The number of nitrogens with one attached hydrogen (secondary N) is 2. The molecule has 1 aromatic carbocycles. The second kappa shape index (κ2) is 10.6. The van der Waals surface area contributed by atoms with Gasteiger partial charge in [-0.1, -0.05) is 55.5 Å². The maximum atomic E-state index is 11.9. The van der Waals surface area contributed by atoms with Gasteiger partial charge in [-0.15, -0.1) is 12.4 Å². The van der Waals surface area contributed by atoms with Gasteiger partial charge in [0.1, 0.15) is 0 Å². The molecule has 0 saturated heterocycles. The molecule has 0 spiro atoms. The van der Waals surface area contributed by atoms with Crippen molar-refractivity contribution in [3.8, 4) is 0 Å². The summed E-state index contributed by atoms with van der Waals surface area (Å²) in [5.41, 5.74) is 2.31. The molecule has 4 heteroatoms. The van der Waals surface area contributed by atoms with Crippen LogP contribution in [0.3, 0.4) is 0 Å². The van der Waals surface area contributed by atoms with Crippen molar-refractivity contribution in [3.63, 3.8) is 0 Å². The van der Waals surface area contributed by atoms with E-state index in [2.05, 4.69) is 29.7 Å². The molecule has 3 nitrogen and oxygen atoms in total. The zero-order valence-electron chi connectivity index (χ0n) is 13.6. The molecule has 0 aliphatic heterocycles. The molecule has 0 radical (unpaired) electrons. The third-order valence-corrected chi connectivity index (χ3v) is 4.22. The highest BCUT2D eigenvalue weighted by atomic mass is 35.5. The average Bonchev–Trinajstić information content (AvgIpc) is 2.75. The topological polar surface area (TPSA) is 41.1 Å². The Balaban J connectivity index is 0.00000242.